The van der Waals surface area contributed by atoms with Gasteiger partial charge in [0, 0.05) is 5.69 Å². The Morgan fingerprint density at radius 3 is 2.11 bits per heavy atom. The highest BCUT2D eigenvalue weighted by Crippen LogP contribution is 2.46. The molecule has 1 amide bonds. The highest BCUT2D eigenvalue weighted by molar-refractivity contribution is 6.03. The molecule has 2 fully saturated rings. The summed E-state index contributed by atoms with van der Waals surface area (Å²) in [7, 11) is 0. The van der Waals surface area contributed by atoms with E-state index < -0.39 is 54.5 Å². The molecule has 240 valence electrons. The Morgan fingerprint density at radius 2 is 1.43 bits per heavy atom. The Hall–Kier alpha value is -4.23. The smallest absolute Gasteiger partial charge is 0.233 e. The number of halogens is 2. The number of aliphatic hydroxyl groups excluding tert-OH is 5. The summed E-state index contributed by atoms with van der Waals surface area (Å²) in [5.41, 5.74) is 3.49. The van der Waals surface area contributed by atoms with E-state index in [4.69, 9.17) is 9.47 Å². The van der Waals surface area contributed by atoms with E-state index in [1.807, 2.05) is 30.3 Å². The molecule has 11 heteroatoms. The van der Waals surface area contributed by atoms with Crippen molar-refractivity contribution >= 4 is 11.6 Å². The normalized spacial score (nSPS) is 26.8. The van der Waals surface area contributed by atoms with E-state index in [9.17, 15) is 39.1 Å². The number of anilines is 1. The number of hydrogen-bond donors (Lipinski definition) is 5. The van der Waals surface area contributed by atoms with Crippen molar-refractivity contribution in [2.75, 3.05) is 4.90 Å². The zero-order chi connectivity index (χ0) is 32.5. The molecule has 2 saturated heterocycles. The Labute approximate surface area is 263 Å². The lowest BCUT2D eigenvalue weighted by Crippen LogP contribution is -2.59. The van der Waals surface area contributed by atoms with Crippen LogP contribution in [0.3, 0.4) is 0 Å². The van der Waals surface area contributed by atoms with E-state index in [1.54, 1.807) is 35.2 Å². The molecule has 0 aliphatic carbocycles. The molecule has 5 N–H and O–H groups in total. The Morgan fingerprint density at radius 1 is 0.783 bits per heavy atom. The zero-order valence-corrected chi connectivity index (χ0v) is 24.4. The van der Waals surface area contributed by atoms with E-state index in [0.29, 0.717) is 17.7 Å². The van der Waals surface area contributed by atoms with Gasteiger partial charge in [-0.15, -0.1) is 0 Å². The zero-order valence-electron chi connectivity index (χ0n) is 24.4. The van der Waals surface area contributed by atoms with Crippen LogP contribution in [0.15, 0.2) is 97.1 Å². The van der Waals surface area contributed by atoms with Crippen molar-refractivity contribution in [3.05, 3.63) is 120 Å². The molecule has 0 bridgehead atoms. The van der Waals surface area contributed by atoms with Crippen molar-refractivity contribution in [2.24, 2.45) is 5.92 Å². The first kappa shape index (κ1) is 31.7. The van der Waals surface area contributed by atoms with E-state index in [-0.39, 0.29) is 24.1 Å². The molecule has 2 aliphatic rings. The Bertz CT molecular complexity index is 1650. The maximum atomic E-state index is 13.7. The lowest BCUT2D eigenvalue weighted by atomic mass is 9.78. The topological polar surface area (TPSA) is 140 Å². The first-order chi connectivity index (χ1) is 22.1. The van der Waals surface area contributed by atoms with Crippen LogP contribution in [0.1, 0.15) is 36.1 Å². The number of hydrogen-bond acceptors (Lipinski definition) is 8. The highest BCUT2D eigenvalue weighted by atomic mass is 19.1. The lowest BCUT2D eigenvalue weighted by Gasteiger charge is -2.48. The van der Waals surface area contributed by atoms with Crippen LogP contribution < -0.4 is 9.64 Å². The number of carbonyl (C=O) groups excluding carboxylic acids is 1. The van der Waals surface area contributed by atoms with Crippen LogP contribution in [-0.2, 0) is 9.53 Å². The summed E-state index contributed by atoms with van der Waals surface area (Å²) in [6.45, 7) is 0. The minimum absolute atomic E-state index is 0.147. The number of amides is 1. The van der Waals surface area contributed by atoms with Gasteiger partial charge in [-0.25, -0.2) is 8.78 Å². The van der Waals surface area contributed by atoms with Crippen molar-refractivity contribution in [3.63, 3.8) is 0 Å². The second kappa shape index (κ2) is 13.2. The summed E-state index contributed by atoms with van der Waals surface area (Å²) in [4.78, 5) is 15.0. The molecule has 6 rings (SSSR count). The van der Waals surface area contributed by atoms with Gasteiger partial charge >= 0.3 is 0 Å². The molecule has 46 heavy (non-hydrogen) atoms. The second-order valence-electron chi connectivity index (χ2n) is 11.5. The third kappa shape index (κ3) is 6.38. The summed E-state index contributed by atoms with van der Waals surface area (Å²) in [6.07, 6.45) is -8.30. The van der Waals surface area contributed by atoms with Crippen molar-refractivity contribution in [1.29, 1.82) is 0 Å². The molecular weight excluding hydrogens is 600 g/mol. The number of benzene rings is 4. The van der Waals surface area contributed by atoms with Crippen LogP contribution in [0.5, 0.6) is 5.75 Å². The van der Waals surface area contributed by atoms with Gasteiger partial charge in [0.2, 0.25) is 12.2 Å². The molecule has 8 atom stereocenters. The summed E-state index contributed by atoms with van der Waals surface area (Å²) in [5, 5.41) is 50.4. The van der Waals surface area contributed by atoms with Crippen molar-refractivity contribution < 1.29 is 48.6 Å². The number of carbonyl (C=O) groups is 1. The van der Waals surface area contributed by atoms with Gasteiger partial charge < -0.3 is 39.9 Å². The van der Waals surface area contributed by atoms with Crippen molar-refractivity contribution in [1.82, 2.24) is 0 Å². The number of ether oxygens (including phenoxy) is 2. The number of aliphatic hydroxyl groups is 5. The predicted molar refractivity (Wildman–Crippen MR) is 162 cm³/mol. The second-order valence-corrected chi connectivity index (χ2v) is 11.5. The van der Waals surface area contributed by atoms with E-state index >= 15 is 0 Å². The fourth-order valence-electron chi connectivity index (χ4n) is 5.97. The number of nitrogens with zero attached hydrogens (tertiary/aromatic N) is 1. The van der Waals surface area contributed by atoms with E-state index in [1.165, 1.54) is 36.4 Å². The van der Waals surface area contributed by atoms with Crippen LogP contribution in [0.25, 0.3) is 11.1 Å². The lowest BCUT2D eigenvalue weighted by molar-refractivity contribution is -0.321. The molecular formula is C35H33F2NO8. The largest absolute Gasteiger partial charge is 0.462 e. The summed E-state index contributed by atoms with van der Waals surface area (Å²) in [5.74, 6) is -1.13. The van der Waals surface area contributed by atoms with Crippen LogP contribution >= 0.6 is 0 Å². The monoisotopic (exact) mass is 633 g/mol. The average molecular weight is 634 g/mol. The fraction of sp³-hybridized carbons (Fsp3) is 0.286. The molecule has 4 aromatic rings. The van der Waals surface area contributed by atoms with Gasteiger partial charge in [-0.1, -0.05) is 48.5 Å². The fourth-order valence-corrected chi connectivity index (χ4v) is 5.97. The van der Waals surface area contributed by atoms with Crippen LogP contribution in [0.2, 0.25) is 0 Å². The van der Waals surface area contributed by atoms with Gasteiger partial charge in [0.05, 0.1) is 18.1 Å². The van der Waals surface area contributed by atoms with Crippen LogP contribution in [0, 0.1) is 17.6 Å². The molecule has 4 aromatic carbocycles. The maximum absolute atomic E-state index is 13.7. The molecule has 9 nitrogen and oxygen atoms in total. The summed E-state index contributed by atoms with van der Waals surface area (Å²) < 4.78 is 37.8. The third-order valence-electron chi connectivity index (χ3n) is 8.54. The molecule has 2 aliphatic heterocycles. The van der Waals surface area contributed by atoms with Gasteiger partial charge in [-0.05, 0) is 83.6 Å². The van der Waals surface area contributed by atoms with Gasteiger partial charge in [-0.2, -0.15) is 0 Å². The minimum atomic E-state index is -1.73. The first-order valence-corrected chi connectivity index (χ1v) is 14.9. The molecule has 0 spiro atoms. The molecule has 0 radical (unpaired) electrons. The quantitative estimate of drug-likeness (QED) is 0.175. The third-order valence-corrected chi connectivity index (χ3v) is 8.54. The predicted octanol–water partition coefficient (Wildman–Crippen LogP) is 3.99. The van der Waals surface area contributed by atoms with E-state index in [0.717, 1.165) is 16.7 Å². The van der Waals surface area contributed by atoms with Gasteiger partial charge in [-0.3, -0.25) is 4.79 Å². The van der Waals surface area contributed by atoms with Crippen LogP contribution in [-0.4, -0.2) is 62.3 Å². The first-order valence-electron chi connectivity index (χ1n) is 14.9. The Balaban J connectivity index is 1.20. The van der Waals surface area contributed by atoms with Gasteiger partial charge in [0.1, 0.15) is 35.7 Å². The van der Waals surface area contributed by atoms with Gasteiger partial charge in [0.25, 0.3) is 0 Å². The SMILES string of the molecule is O=C1[C@H](CC[C@H](O)c2ccc(F)cc2)[C@@H](c2ccc(-c3cccc(O[C@H]4O[C@@H](O)[C@H](O)[C@@H](O)[C@@H]4O)c3)cc2)N1c1ccc(F)cc1. The van der Waals surface area contributed by atoms with E-state index in [2.05, 4.69) is 0 Å². The van der Waals surface area contributed by atoms with Crippen LogP contribution in [0.4, 0.5) is 14.5 Å². The van der Waals surface area contributed by atoms with Crippen molar-refractivity contribution in [3.8, 4) is 16.9 Å². The maximum Gasteiger partial charge on any atom is 0.233 e. The Kier molecular flexibility index (Phi) is 9.14. The number of rotatable bonds is 9. The molecule has 0 aromatic heterocycles. The van der Waals surface area contributed by atoms with Gasteiger partial charge in [0.15, 0.2) is 6.29 Å². The molecule has 0 unspecified atom stereocenters. The number of β-lactam (4-membered cyclic amide) rings is 1. The average Bonchev–Trinajstić information content (AvgIpc) is 3.06. The molecule has 0 saturated carbocycles. The summed E-state index contributed by atoms with van der Waals surface area (Å²) in [6, 6.07) is 25.3. The van der Waals surface area contributed by atoms with Crippen molar-refractivity contribution in [2.45, 2.75) is 55.9 Å². The standard InChI is InChI=1S/C35H33F2NO8/c36-23-10-8-20(9-11-23)28(39)17-16-27-29(38(33(27)43)25-14-12-24(37)13-15-25)21-6-4-19(5-7-21)22-2-1-3-26(18-22)45-35-32(42)30(40)31(41)34(44)46-35/h1-15,18,27-32,34-35,39-42,44H,16-17H2/t27-,28+,29-,30-,31-,32+,34-,35+/m1/s1. The highest BCUT2D eigenvalue weighted by Gasteiger charge is 2.48. The summed E-state index contributed by atoms with van der Waals surface area (Å²) >= 11 is 0. The minimum Gasteiger partial charge on any atom is -0.462 e. The molecule has 2 heterocycles.